The van der Waals surface area contributed by atoms with Gasteiger partial charge in [-0.2, -0.15) is 0 Å². The highest BCUT2D eigenvalue weighted by Crippen LogP contribution is 2.62. The molecule has 2 saturated carbocycles. The predicted molar refractivity (Wildman–Crippen MR) is 48.5 cm³/mol. The lowest BCUT2D eigenvalue weighted by Crippen LogP contribution is -2.17. The summed E-state index contributed by atoms with van der Waals surface area (Å²) in [5, 5.41) is 0. The first-order valence-electron chi connectivity index (χ1n) is 5.02. The molecule has 2 aliphatic rings. The maximum absolute atomic E-state index is 2.40. The van der Waals surface area contributed by atoms with E-state index in [1.165, 1.54) is 19.3 Å². The maximum Gasteiger partial charge on any atom is -0.0294 e. The third kappa shape index (κ3) is 1.32. The van der Waals surface area contributed by atoms with E-state index in [0.717, 1.165) is 11.3 Å². The Kier molecular flexibility index (Phi) is 1.41. The van der Waals surface area contributed by atoms with Gasteiger partial charge in [-0.1, -0.05) is 20.8 Å². The second kappa shape index (κ2) is 2.02. The van der Waals surface area contributed by atoms with Gasteiger partial charge in [-0.3, -0.25) is 0 Å². The van der Waals surface area contributed by atoms with E-state index in [2.05, 4.69) is 20.8 Å². The average molecular weight is 152 g/mol. The first-order valence-corrected chi connectivity index (χ1v) is 5.02. The summed E-state index contributed by atoms with van der Waals surface area (Å²) in [6.45, 7) is 7.21. The SMILES string of the molecule is CC(C)(C)C1CCC2(CC2)C1. The Balaban J connectivity index is 1.99. The molecule has 0 nitrogen and oxygen atoms in total. The van der Waals surface area contributed by atoms with Crippen molar-refractivity contribution in [2.45, 2.75) is 52.9 Å². The van der Waals surface area contributed by atoms with E-state index >= 15 is 0 Å². The molecule has 0 amide bonds. The maximum atomic E-state index is 2.40. The van der Waals surface area contributed by atoms with Gasteiger partial charge in [0.15, 0.2) is 0 Å². The van der Waals surface area contributed by atoms with Gasteiger partial charge in [-0.15, -0.1) is 0 Å². The molecule has 0 aromatic heterocycles. The van der Waals surface area contributed by atoms with Crippen LogP contribution in [0.25, 0.3) is 0 Å². The zero-order valence-corrected chi connectivity index (χ0v) is 8.11. The summed E-state index contributed by atoms with van der Waals surface area (Å²) >= 11 is 0. The third-order valence-corrected chi connectivity index (χ3v) is 3.88. The number of hydrogen-bond donors (Lipinski definition) is 0. The summed E-state index contributed by atoms with van der Waals surface area (Å²) in [6, 6.07) is 0. The van der Waals surface area contributed by atoms with E-state index in [9.17, 15) is 0 Å². The fourth-order valence-corrected chi connectivity index (χ4v) is 2.58. The molecule has 1 atom stereocenters. The molecule has 2 aliphatic carbocycles. The van der Waals surface area contributed by atoms with Gasteiger partial charge in [0.25, 0.3) is 0 Å². The standard InChI is InChI=1S/C11H20/c1-10(2,3)9-4-5-11(8-9)6-7-11/h9H,4-8H2,1-3H3. The van der Waals surface area contributed by atoms with Crippen molar-refractivity contribution in [3.63, 3.8) is 0 Å². The summed E-state index contributed by atoms with van der Waals surface area (Å²) in [4.78, 5) is 0. The van der Waals surface area contributed by atoms with Crippen LogP contribution in [0.2, 0.25) is 0 Å². The first kappa shape index (κ1) is 7.64. The Morgan fingerprint density at radius 1 is 1.09 bits per heavy atom. The Hall–Kier alpha value is 0. The molecule has 0 heteroatoms. The van der Waals surface area contributed by atoms with Crippen LogP contribution in [0.15, 0.2) is 0 Å². The van der Waals surface area contributed by atoms with Crippen LogP contribution in [-0.2, 0) is 0 Å². The highest BCUT2D eigenvalue weighted by Gasteiger charge is 2.50. The minimum Gasteiger partial charge on any atom is -0.0599 e. The molecule has 0 radical (unpaired) electrons. The van der Waals surface area contributed by atoms with E-state index in [0.29, 0.717) is 5.41 Å². The largest absolute Gasteiger partial charge is 0.0599 e. The molecule has 1 unspecified atom stereocenters. The molecular formula is C11H20. The van der Waals surface area contributed by atoms with E-state index in [1.54, 1.807) is 12.8 Å². The fourth-order valence-electron chi connectivity index (χ4n) is 2.58. The molecule has 0 N–H and O–H groups in total. The van der Waals surface area contributed by atoms with Gasteiger partial charge in [0.05, 0.1) is 0 Å². The number of rotatable bonds is 0. The van der Waals surface area contributed by atoms with Gasteiger partial charge in [0.2, 0.25) is 0 Å². The Labute approximate surface area is 70.4 Å². The second-order valence-electron chi connectivity index (χ2n) is 5.81. The molecule has 0 aromatic carbocycles. The Morgan fingerprint density at radius 2 is 1.73 bits per heavy atom. The van der Waals surface area contributed by atoms with Crippen molar-refractivity contribution in [2.75, 3.05) is 0 Å². The monoisotopic (exact) mass is 152 g/mol. The first-order chi connectivity index (χ1) is 5.02. The quantitative estimate of drug-likeness (QED) is 0.497. The summed E-state index contributed by atoms with van der Waals surface area (Å²) in [5.74, 6) is 1.02. The minimum atomic E-state index is 0.575. The lowest BCUT2D eigenvalue weighted by Gasteiger charge is -2.26. The normalized spacial score (nSPS) is 34.6. The van der Waals surface area contributed by atoms with Crippen LogP contribution in [0, 0.1) is 16.7 Å². The minimum absolute atomic E-state index is 0.575. The van der Waals surface area contributed by atoms with Crippen molar-refractivity contribution >= 4 is 0 Å². The van der Waals surface area contributed by atoms with Crippen molar-refractivity contribution in [1.82, 2.24) is 0 Å². The third-order valence-electron chi connectivity index (χ3n) is 3.88. The Bertz CT molecular complexity index is 157. The zero-order chi connectivity index (χ0) is 8.11. The molecule has 2 fully saturated rings. The Morgan fingerprint density at radius 3 is 2.00 bits per heavy atom. The van der Waals surface area contributed by atoms with Crippen LogP contribution in [0.4, 0.5) is 0 Å². The van der Waals surface area contributed by atoms with Crippen LogP contribution >= 0.6 is 0 Å². The van der Waals surface area contributed by atoms with E-state index in [4.69, 9.17) is 0 Å². The molecule has 11 heavy (non-hydrogen) atoms. The second-order valence-corrected chi connectivity index (χ2v) is 5.81. The lowest BCUT2D eigenvalue weighted by molar-refractivity contribution is 0.236. The molecule has 1 spiro atoms. The lowest BCUT2D eigenvalue weighted by atomic mass is 9.79. The summed E-state index contributed by atoms with van der Waals surface area (Å²) in [5.41, 5.74) is 1.45. The van der Waals surface area contributed by atoms with Gasteiger partial charge in [-0.05, 0) is 48.9 Å². The zero-order valence-electron chi connectivity index (χ0n) is 8.11. The van der Waals surface area contributed by atoms with E-state index in [-0.39, 0.29) is 0 Å². The molecule has 0 aliphatic heterocycles. The fraction of sp³-hybridized carbons (Fsp3) is 1.00. The van der Waals surface area contributed by atoms with Gasteiger partial charge >= 0.3 is 0 Å². The van der Waals surface area contributed by atoms with Crippen molar-refractivity contribution in [1.29, 1.82) is 0 Å². The van der Waals surface area contributed by atoms with Crippen LogP contribution in [0.1, 0.15) is 52.9 Å². The van der Waals surface area contributed by atoms with Crippen molar-refractivity contribution in [3.8, 4) is 0 Å². The topological polar surface area (TPSA) is 0 Å². The van der Waals surface area contributed by atoms with Crippen LogP contribution < -0.4 is 0 Å². The van der Waals surface area contributed by atoms with Crippen molar-refractivity contribution in [3.05, 3.63) is 0 Å². The number of hydrogen-bond acceptors (Lipinski definition) is 0. The van der Waals surface area contributed by atoms with E-state index < -0.39 is 0 Å². The van der Waals surface area contributed by atoms with Crippen LogP contribution in [0.3, 0.4) is 0 Å². The summed E-state index contributed by atoms with van der Waals surface area (Å²) in [6.07, 6.45) is 7.66. The van der Waals surface area contributed by atoms with Crippen LogP contribution in [-0.4, -0.2) is 0 Å². The molecule has 0 bridgehead atoms. The van der Waals surface area contributed by atoms with Gasteiger partial charge in [0, 0.05) is 0 Å². The average Bonchev–Trinajstić information content (AvgIpc) is 2.38. The summed E-state index contributed by atoms with van der Waals surface area (Å²) < 4.78 is 0. The molecule has 0 saturated heterocycles. The highest BCUT2D eigenvalue weighted by molar-refractivity contribution is 5.01. The smallest absolute Gasteiger partial charge is 0.0294 e. The van der Waals surface area contributed by atoms with E-state index in [1.807, 2.05) is 0 Å². The summed E-state index contributed by atoms with van der Waals surface area (Å²) in [7, 11) is 0. The predicted octanol–water partition coefficient (Wildman–Crippen LogP) is 3.61. The van der Waals surface area contributed by atoms with Crippen LogP contribution in [0.5, 0.6) is 0 Å². The van der Waals surface area contributed by atoms with Gasteiger partial charge in [0.1, 0.15) is 0 Å². The highest BCUT2D eigenvalue weighted by atomic mass is 14.5. The molecule has 0 heterocycles. The molecule has 64 valence electrons. The molecular weight excluding hydrogens is 132 g/mol. The molecule has 0 aromatic rings. The van der Waals surface area contributed by atoms with Gasteiger partial charge in [-0.25, -0.2) is 0 Å². The van der Waals surface area contributed by atoms with Gasteiger partial charge < -0.3 is 0 Å². The van der Waals surface area contributed by atoms with Crippen molar-refractivity contribution < 1.29 is 0 Å². The molecule has 2 rings (SSSR count). The van der Waals surface area contributed by atoms with Crippen molar-refractivity contribution in [2.24, 2.45) is 16.7 Å².